The molecule has 3 rings (SSSR count). The monoisotopic (exact) mass is 292 g/mol. The van der Waals surface area contributed by atoms with Gasteiger partial charge in [0.05, 0.1) is 17.9 Å². The third kappa shape index (κ3) is 2.48. The van der Waals surface area contributed by atoms with Gasteiger partial charge < -0.3 is 9.52 Å². The number of carboxylic acids is 1. The summed E-state index contributed by atoms with van der Waals surface area (Å²) < 4.78 is 5.33. The van der Waals surface area contributed by atoms with Crippen molar-refractivity contribution in [2.24, 2.45) is 5.92 Å². The SMILES string of the molecule is CC1C(C(=O)O)CCN1Cc1csc(-c2ccco2)n1. The number of hydrogen-bond acceptors (Lipinski definition) is 5. The average molecular weight is 292 g/mol. The van der Waals surface area contributed by atoms with Gasteiger partial charge in [-0.25, -0.2) is 4.98 Å². The highest BCUT2D eigenvalue weighted by Gasteiger charge is 2.35. The van der Waals surface area contributed by atoms with Crippen LogP contribution in [0.15, 0.2) is 28.2 Å². The smallest absolute Gasteiger partial charge is 0.308 e. The molecule has 1 aliphatic heterocycles. The van der Waals surface area contributed by atoms with Gasteiger partial charge in [-0.1, -0.05) is 0 Å². The standard InChI is InChI=1S/C14H16N2O3S/c1-9-11(14(17)18)4-5-16(9)7-10-8-20-13(15-10)12-3-2-6-19-12/h2-3,6,8-9,11H,4-5,7H2,1H3,(H,17,18). The lowest BCUT2D eigenvalue weighted by Crippen LogP contribution is -2.32. The summed E-state index contributed by atoms with van der Waals surface area (Å²) in [6.07, 6.45) is 2.35. The van der Waals surface area contributed by atoms with Gasteiger partial charge in [-0.05, 0) is 32.0 Å². The second kappa shape index (κ2) is 5.38. The molecule has 3 heterocycles. The van der Waals surface area contributed by atoms with E-state index in [2.05, 4.69) is 9.88 Å². The van der Waals surface area contributed by atoms with Crippen molar-refractivity contribution in [3.8, 4) is 10.8 Å². The molecule has 0 bridgehead atoms. The molecule has 0 amide bonds. The van der Waals surface area contributed by atoms with Crippen molar-refractivity contribution in [3.05, 3.63) is 29.5 Å². The number of likely N-dealkylation sites (tertiary alicyclic amines) is 1. The van der Waals surface area contributed by atoms with Crippen molar-refractivity contribution >= 4 is 17.3 Å². The van der Waals surface area contributed by atoms with Gasteiger partial charge in [0.1, 0.15) is 0 Å². The number of furan rings is 1. The molecule has 106 valence electrons. The lowest BCUT2D eigenvalue weighted by Gasteiger charge is -2.21. The van der Waals surface area contributed by atoms with Gasteiger partial charge in [-0.3, -0.25) is 9.69 Å². The number of carbonyl (C=O) groups is 1. The van der Waals surface area contributed by atoms with Crippen molar-refractivity contribution < 1.29 is 14.3 Å². The maximum Gasteiger partial charge on any atom is 0.308 e. The Labute approximate surface area is 120 Å². The topological polar surface area (TPSA) is 66.6 Å². The molecule has 0 saturated carbocycles. The van der Waals surface area contributed by atoms with Crippen molar-refractivity contribution in [2.45, 2.75) is 25.9 Å². The minimum atomic E-state index is -0.699. The molecule has 0 aromatic carbocycles. The molecule has 5 nitrogen and oxygen atoms in total. The molecule has 0 spiro atoms. The van der Waals surface area contributed by atoms with Crippen molar-refractivity contribution in [3.63, 3.8) is 0 Å². The van der Waals surface area contributed by atoms with Gasteiger partial charge in [0.15, 0.2) is 10.8 Å². The largest absolute Gasteiger partial charge is 0.481 e. The number of hydrogen-bond donors (Lipinski definition) is 1. The molecule has 0 aliphatic carbocycles. The molecule has 1 N–H and O–H groups in total. The predicted octanol–water partition coefficient (Wildman–Crippen LogP) is 2.70. The van der Waals surface area contributed by atoms with Crippen LogP contribution >= 0.6 is 11.3 Å². The lowest BCUT2D eigenvalue weighted by atomic mass is 10.0. The molecule has 2 aromatic heterocycles. The number of thiazole rings is 1. The fraction of sp³-hybridized carbons (Fsp3) is 0.429. The second-order valence-corrected chi connectivity index (χ2v) is 5.92. The van der Waals surface area contributed by atoms with Crippen molar-refractivity contribution in [1.29, 1.82) is 0 Å². The Hall–Kier alpha value is -1.66. The van der Waals surface area contributed by atoms with Crippen LogP contribution in [-0.2, 0) is 11.3 Å². The summed E-state index contributed by atoms with van der Waals surface area (Å²) >= 11 is 1.55. The Morgan fingerprint density at radius 2 is 2.50 bits per heavy atom. The van der Waals surface area contributed by atoms with Crippen LogP contribution < -0.4 is 0 Å². The molecular formula is C14H16N2O3S. The molecule has 1 aliphatic rings. The fourth-order valence-electron chi connectivity index (χ4n) is 2.66. The first-order valence-electron chi connectivity index (χ1n) is 6.60. The Morgan fingerprint density at radius 1 is 1.65 bits per heavy atom. The zero-order valence-electron chi connectivity index (χ0n) is 11.2. The average Bonchev–Trinajstić information content (AvgIpc) is 3.12. The number of aromatic nitrogens is 1. The first kappa shape index (κ1) is 13.3. The zero-order chi connectivity index (χ0) is 14.1. The van der Waals surface area contributed by atoms with Gasteiger partial charge in [-0.15, -0.1) is 11.3 Å². The molecule has 2 atom stereocenters. The Kier molecular flexibility index (Phi) is 3.58. The first-order chi connectivity index (χ1) is 9.65. The summed E-state index contributed by atoms with van der Waals surface area (Å²) in [5, 5.41) is 12.0. The highest BCUT2D eigenvalue weighted by Crippen LogP contribution is 2.28. The van der Waals surface area contributed by atoms with E-state index < -0.39 is 5.97 Å². The third-order valence-corrected chi connectivity index (χ3v) is 4.76. The maximum absolute atomic E-state index is 11.1. The molecule has 0 radical (unpaired) electrons. The minimum Gasteiger partial charge on any atom is -0.481 e. The second-order valence-electron chi connectivity index (χ2n) is 5.07. The van der Waals surface area contributed by atoms with Crippen molar-refractivity contribution in [2.75, 3.05) is 6.54 Å². The first-order valence-corrected chi connectivity index (χ1v) is 7.48. The van der Waals surface area contributed by atoms with Gasteiger partial charge in [0.2, 0.25) is 0 Å². The van der Waals surface area contributed by atoms with E-state index in [1.54, 1.807) is 17.6 Å². The normalized spacial score (nSPS) is 23.2. The Bertz CT molecular complexity index is 593. The number of aliphatic carboxylic acids is 1. The number of carboxylic acid groups (broad SMARTS) is 1. The van der Waals surface area contributed by atoms with E-state index in [1.807, 2.05) is 24.4 Å². The molecule has 1 fully saturated rings. The van der Waals surface area contributed by atoms with E-state index in [4.69, 9.17) is 9.52 Å². The summed E-state index contributed by atoms with van der Waals surface area (Å²) in [6, 6.07) is 3.79. The zero-order valence-corrected chi connectivity index (χ0v) is 12.0. The Balaban J connectivity index is 1.69. The maximum atomic E-state index is 11.1. The van der Waals surface area contributed by atoms with Crippen LogP contribution in [0.5, 0.6) is 0 Å². The summed E-state index contributed by atoms with van der Waals surface area (Å²) in [6.45, 7) is 3.49. The van der Waals surface area contributed by atoms with Gasteiger partial charge >= 0.3 is 5.97 Å². The molecule has 20 heavy (non-hydrogen) atoms. The number of nitrogens with zero attached hydrogens (tertiary/aromatic N) is 2. The van der Waals surface area contributed by atoms with Gasteiger partial charge in [0.25, 0.3) is 0 Å². The van der Waals surface area contributed by atoms with E-state index in [9.17, 15) is 4.79 Å². The summed E-state index contributed by atoms with van der Waals surface area (Å²) in [5.41, 5.74) is 0.972. The summed E-state index contributed by atoms with van der Waals surface area (Å²) in [7, 11) is 0. The van der Waals surface area contributed by atoms with Crippen LogP contribution in [0, 0.1) is 5.92 Å². The predicted molar refractivity (Wildman–Crippen MR) is 75.4 cm³/mol. The summed E-state index contributed by atoms with van der Waals surface area (Å²) in [4.78, 5) is 17.9. The molecular weight excluding hydrogens is 276 g/mol. The van der Waals surface area contributed by atoms with E-state index >= 15 is 0 Å². The number of rotatable bonds is 4. The summed E-state index contributed by atoms with van der Waals surface area (Å²) in [5.74, 6) is -0.188. The van der Waals surface area contributed by atoms with Crippen LogP contribution in [-0.4, -0.2) is 33.5 Å². The van der Waals surface area contributed by atoms with E-state index in [0.29, 0.717) is 13.0 Å². The Morgan fingerprint density at radius 3 is 3.15 bits per heavy atom. The van der Waals surface area contributed by atoms with E-state index in [0.717, 1.165) is 23.0 Å². The van der Waals surface area contributed by atoms with Gasteiger partial charge in [0, 0.05) is 18.0 Å². The molecule has 1 saturated heterocycles. The fourth-order valence-corrected chi connectivity index (χ4v) is 3.44. The highest BCUT2D eigenvalue weighted by molar-refractivity contribution is 7.13. The molecule has 6 heteroatoms. The van der Waals surface area contributed by atoms with Crippen LogP contribution in [0.4, 0.5) is 0 Å². The highest BCUT2D eigenvalue weighted by atomic mass is 32.1. The lowest BCUT2D eigenvalue weighted by molar-refractivity contribution is -0.142. The van der Waals surface area contributed by atoms with Crippen LogP contribution in [0.25, 0.3) is 10.8 Å². The van der Waals surface area contributed by atoms with Gasteiger partial charge in [-0.2, -0.15) is 0 Å². The van der Waals surface area contributed by atoms with E-state index in [1.165, 1.54) is 0 Å². The third-order valence-electron chi connectivity index (χ3n) is 3.85. The van der Waals surface area contributed by atoms with Crippen LogP contribution in [0.2, 0.25) is 0 Å². The quantitative estimate of drug-likeness (QED) is 0.938. The molecule has 2 aromatic rings. The van der Waals surface area contributed by atoms with Crippen LogP contribution in [0.3, 0.4) is 0 Å². The van der Waals surface area contributed by atoms with E-state index in [-0.39, 0.29) is 12.0 Å². The minimum absolute atomic E-state index is 0.0567. The van der Waals surface area contributed by atoms with Crippen LogP contribution in [0.1, 0.15) is 19.0 Å². The molecule has 2 unspecified atom stereocenters. The van der Waals surface area contributed by atoms with Crippen molar-refractivity contribution in [1.82, 2.24) is 9.88 Å².